The Labute approximate surface area is 144 Å². The van der Waals surface area contributed by atoms with Gasteiger partial charge in [0.05, 0.1) is 10.2 Å². The fourth-order valence-corrected chi connectivity index (χ4v) is 3.21. The first-order valence-corrected chi connectivity index (χ1v) is 8.33. The van der Waals surface area contributed by atoms with Crippen LogP contribution in [0.2, 0.25) is 5.02 Å². The van der Waals surface area contributed by atoms with E-state index in [9.17, 15) is 4.79 Å². The van der Waals surface area contributed by atoms with Gasteiger partial charge in [0.2, 0.25) is 0 Å². The molecule has 4 nitrogen and oxygen atoms in total. The third-order valence-electron chi connectivity index (χ3n) is 2.78. The summed E-state index contributed by atoms with van der Waals surface area (Å²) in [4.78, 5) is 16.2. The van der Waals surface area contributed by atoms with Crippen molar-refractivity contribution in [3.8, 4) is 5.75 Å². The van der Waals surface area contributed by atoms with Crippen LogP contribution in [-0.2, 0) is 4.79 Å². The molecule has 0 saturated heterocycles. The molecule has 0 saturated carbocycles. The number of fused-ring (bicyclic) bond motifs is 1. The van der Waals surface area contributed by atoms with E-state index in [0.29, 0.717) is 15.9 Å². The predicted octanol–water partition coefficient (Wildman–Crippen LogP) is 4.73. The van der Waals surface area contributed by atoms with Gasteiger partial charge in [-0.05, 0) is 42.5 Å². The van der Waals surface area contributed by atoms with Crippen LogP contribution in [0, 0.1) is 0 Å². The monoisotopic (exact) mass is 396 g/mol. The maximum absolute atomic E-state index is 11.9. The number of thiazole rings is 1. The minimum atomic E-state index is -0.256. The van der Waals surface area contributed by atoms with E-state index in [-0.39, 0.29) is 12.5 Å². The van der Waals surface area contributed by atoms with Crippen LogP contribution in [0.15, 0.2) is 46.9 Å². The number of nitrogens with zero attached hydrogens (tertiary/aromatic N) is 1. The van der Waals surface area contributed by atoms with Gasteiger partial charge >= 0.3 is 0 Å². The van der Waals surface area contributed by atoms with Gasteiger partial charge in [0.1, 0.15) is 5.75 Å². The van der Waals surface area contributed by atoms with Gasteiger partial charge in [-0.3, -0.25) is 10.1 Å². The molecule has 3 aromatic rings. The van der Waals surface area contributed by atoms with Crippen molar-refractivity contribution in [2.24, 2.45) is 0 Å². The fraction of sp³-hybridized carbons (Fsp3) is 0.0667. The Bertz CT molecular complexity index is 820. The zero-order valence-electron chi connectivity index (χ0n) is 11.2. The molecule has 0 aliphatic heterocycles. The molecule has 1 heterocycles. The van der Waals surface area contributed by atoms with Gasteiger partial charge in [0.15, 0.2) is 11.7 Å². The maximum atomic E-state index is 11.9. The third-order valence-corrected chi connectivity index (χ3v) is 4.48. The zero-order chi connectivity index (χ0) is 15.5. The van der Waals surface area contributed by atoms with Crippen LogP contribution in [0.25, 0.3) is 10.2 Å². The highest BCUT2D eigenvalue weighted by molar-refractivity contribution is 9.10. The number of amides is 1. The third kappa shape index (κ3) is 3.76. The summed E-state index contributed by atoms with van der Waals surface area (Å²) < 4.78 is 7.29. The Balaban J connectivity index is 1.61. The lowest BCUT2D eigenvalue weighted by atomic mass is 10.3. The van der Waals surface area contributed by atoms with Crippen molar-refractivity contribution in [1.82, 2.24) is 4.98 Å². The molecule has 2 aromatic carbocycles. The molecule has 0 atom stereocenters. The summed E-state index contributed by atoms with van der Waals surface area (Å²) in [5.41, 5.74) is 0.804. The highest BCUT2D eigenvalue weighted by Crippen LogP contribution is 2.28. The number of halogens is 2. The van der Waals surface area contributed by atoms with E-state index < -0.39 is 0 Å². The molecular weight excluding hydrogens is 388 g/mol. The number of carbonyl (C=O) groups excluding carboxylic acids is 1. The normalized spacial score (nSPS) is 10.6. The summed E-state index contributed by atoms with van der Waals surface area (Å²) in [5.74, 6) is 0.377. The molecule has 0 aliphatic carbocycles. The van der Waals surface area contributed by atoms with Crippen molar-refractivity contribution in [2.75, 3.05) is 11.9 Å². The van der Waals surface area contributed by atoms with Gasteiger partial charge in [0, 0.05) is 9.50 Å². The number of rotatable bonds is 4. The molecule has 112 valence electrons. The van der Waals surface area contributed by atoms with E-state index in [0.717, 1.165) is 14.7 Å². The Kier molecular flexibility index (Phi) is 4.61. The van der Waals surface area contributed by atoms with Crippen molar-refractivity contribution >= 4 is 60.1 Å². The molecule has 0 spiro atoms. The first kappa shape index (κ1) is 15.3. The smallest absolute Gasteiger partial charge is 0.264 e. The van der Waals surface area contributed by atoms with Crippen LogP contribution >= 0.6 is 38.9 Å². The van der Waals surface area contributed by atoms with Crippen molar-refractivity contribution in [3.05, 3.63) is 52.0 Å². The van der Waals surface area contributed by atoms with Gasteiger partial charge in [0.25, 0.3) is 5.91 Å². The molecule has 3 rings (SSSR count). The average molecular weight is 398 g/mol. The van der Waals surface area contributed by atoms with Crippen LogP contribution in [0.3, 0.4) is 0 Å². The zero-order valence-corrected chi connectivity index (χ0v) is 14.3. The molecule has 0 radical (unpaired) electrons. The van der Waals surface area contributed by atoms with Gasteiger partial charge in [-0.15, -0.1) is 0 Å². The fourth-order valence-electron chi connectivity index (χ4n) is 1.79. The number of nitrogens with one attached hydrogen (secondary N) is 1. The summed E-state index contributed by atoms with van der Waals surface area (Å²) >= 11 is 10.6. The lowest BCUT2D eigenvalue weighted by Gasteiger charge is -2.05. The van der Waals surface area contributed by atoms with Crippen LogP contribution in [0.1, 0.15) is 0 Å². The summed E-state index contributed by atoms with van der Waals surface area (Å²) in [6, 6.07) is 12.7. The Morgan fingerprint density at radius 1 is 1.27 bits per heavy atom. The van der Waals surface area contributed by atoms with Crippen LogP contribution in [0.5, 0.6) is 5.75 Å². The van der Waals surface area contributed by atoms with E-state index in [1.807, 2.05) is 24.3 Å². The van der Waals surface area contributed by atoms with Gasteiger partial charge < -0.3 is 4.74 Å². The molecule has 1 aromatic heterocycles. The van der Waals surface area contributed by atoms with Gasteiger partial charge in [-0.1, -0.05) is 38.9 Å². The Hall–Kier alpha value is -1.63. The lowest BCUT2D eigenvalue weighted by molar-refractivity contribution is -0.118. The quantitative estimate of drug-likeness (QED) is 0.692. The van der Waals surface area contributed by atoms with Crippen molar-refractivity contribution < 1.29 is 9.53 Å². The average Bonchev–Trinajstić information content (AvgIpc) is 2.88. The van der Waals surface area contributed by atoms with E-state index in [1.54, 1.807) is 18.2 Å². The number of hydrogen-bond donors (Lipinski definition) is 1. The van der Waals surface area contributed by atoms with Gasteiger partial charge in [-0.2, -0.15) is 0 Å². The van der Waals surface area contributed by atoms with Crippen LogP contribution in [0.4, 0.5) is 5.13 Å². The maximum Gasteiger partial charge on any atom is 0.264 e. The van der Waals surface area contributed by atoms with E-state index in [2.05, 4.69) is 26.2 Å². The second-order valence-corrected chi connectivity index (χ2v) is 6.80. The molecule has 1 amide bonds. The minimum Gasteiger partial charge on any atom is -0.484 e. The number of benzene rings is 2. The summed E-state index contributed by atoms with van der Waals surface area (Å²) in [6.45, 7) is -0.0711. The standard InChI is InChI=1S/C15H10BrClN2O2S/c16-9-1-4-11(5-2-9)21-8-14(20)19-15-18-12-6-3-10(17)7-13(12)22-15/h1-7H,8H2,(H,18,19,20). The number of hydrogen-bond acceptors (Lipinski definition) is 4. The van der Waals surface area contributed by atoms with E-state index in [4.69, 9.17) is 16.3 Å². The van der Waals surface area contributed by atoms with Crippen LogP contribution in [-0.4, -0.2) is 17.5 Å². The summed E-state index contributed by atoms with van der Waals surface area (Å²) in [7, 11) is 0. The Morgan fingerprint density at radius 2 is 2.05 bits per heavy atom. The van der Waals surface area contributed by atoms with Crippen molar-refractivity contribution in [1.29, 1.82) is 0 Å². The van der Waals surface area contributed by atoms with Crippen molar-refractivity contribution in [3.63, 3.8) is 0 Å². The second-order valence-electron chi connectivity index (χ2n) is 4.42. The topological polar surface area (TPSA) is 51.2 Å². The van der Waals surface area contributed by atoms with Gasteiger partial charge in [-0.25, -0.2) is 4.98 Å². The Morgan fingerprint density at radius 3 is 2.82 bits per heavy atom. The minimum absolute atomic E-state index is 0.0711. The summed E-state index contributed by atoms with van der Waals surface area (Å²) in [5, 5.41) is 3.90. The highest BCUT2D eigenvalue weighted by Gasteiger charge is 2.09. The molecule has 0 bridgehead atoms. The number of anilines is 1. The molecule has 0 aliphatic rings. The van der Waals surface area contributed by atoms with E-state index in [1.165, 1.54) is 11.3 Å². The molecule has 22 heavy (non-hydrogen) atoms. The summed E-state index contributed by atoms with van der Waals surface area (Å²) in [6.07, 6.45) is 0. The molecule has 1 N–H and O–H groups in total. The largest absolute Gasteiger partial charge is 0.484 e. The molecule has 0 unspecified atom stereocenters. The first-order chi connectivity index (χ1) is 10.6. The second kappa shape index (κ2) is 6.64. The molecule has 7 heteroatoms. The van der Waals surface area contributed by atoms with Crippen molar-refractivity contribution in [2.45, 2.75) is 0 Å². The molecular formula is C15H10BrClN2O2S. The molecule has 0 fully saturated rings. The SMILES string of the molecule is O=C(COc1ccc(Br)cc1)Nc1nc2ccc(Cl)cc2s1. The lowest BCUT2D eigenvalue weighted by Crippen LogP contribution is -2.19. The predicted molar refractivity (Wildman–Crippen MR) is 92.9 cm³/mol. The first-order valence-electron chi connectivity index (χ1n) is 6.34. The number of ether oxygens (including phenoxy) is 1. The van der Waals surface area contributed by atoms with E-state index >= 15 is 0 Å². The highest BCUT2D eigenvalue weighted by atomic mass is 79.9. The number of carbonyl (C=O) groups is 1. The number of aromatic nitrogens is 1. The van der Waals surface area contributed by atoms with Crippen LogP contribution < -0.4 is 10.1 Å².